The summed E-state index contributed by atoms with van der Waals surface area (Å²) in [5, 5.41) is 14.0. The number of rotatable bonds is 5. The smallest absolute Gasteiger partial charge is 0.244 e. The second kappa shape index (κ2) is 6.53. The molecule has 2 N–H and O–H groups in total. The van der Waals surface area contributed by atoms with Crippen molar-refractivity contribution in [2.45, 2.75) is 19.5 Å². The number of hydrogen-bond acceptors (Lipinski definition) is 6. The molecule has 0 unspecified atom stereocenters. The largest absolute Gasteiger partial charge is 0.347 e. The molecule has 0 bridgehead atoms. The SMILES string of the molecule is C[C@H](C(=O)NCc1nc(-c2cnccn2)n[nH]1)n1cc(Cl)cn1. The Morgan fingerprint density at radius 2 is 2.30 bits per heavy atom. The molecule has 3 aromatic heterocycles. The molecule has 0 aliphatic rings. The summed E-state index contributed by atoms with van der Waals surface area (Å²) in [7, 11) is 0. The van der Waals surface area contributed by atoms with Gasteiger partial charge in [0.05, 0.1) is 24.0 Å². The fraction of sp³-hybridized carbons (Fsp3) is 0.231. The van der Waals surface area contributed by atoms with Gasteiger partial charge >= 0.3 is 0 Å². The summed E-state index contributed by atoms with van der Waals surface area (Å²) >= 11 is 5.79. The zero-order valence-electron chi connectivity index (χ0n) is 12.1. The molecular weight excluding hydrogens is 320 g/mol. The van der Waals surface area contributed by atoms with Gasteiger partial charge in [0.15, 0.2) is 0 Å². The molecule has 118 valence electrons. The van der Waals surface area contributed by atoms with E-state index < -0.39 is 6.04 Å². The highest BCUT2D eigenvalue weighted by Crippen LogP contribution is 2.11. The van der Waals surface area contributed by atoms with Gasteiger partial charge in [0, 0.05) is 18.6 Å². The number of nitrogens with one attached hydrogen (secondary N) is 2. The van der Waals surface area contributed by atoms with Crippen LogP contribution in [0.15, 0.2) is 31.0 Å². The molecule has 23 heavy (non-hydrogen) atoms. The number of carbonyl (C=O) groups is 1. The molecule has 1 amide bonds. The van der Waals surface area contributed by atoms with E-state index in [9.17, 15) is 4.79 Å². The first-order valence-corrected chi connectivity index (χ1v) is 7.16. The van der Waals surface area contributed by atoms with Crippen LogP contribution >= 0.6 is 11.6 Å². The van der Waals surface area contributed by atoms with Gasteiger partial charge in [0.2, 0.25) is 11.7 Å². The van der Waals surface area contributed by atoms with Gasteiger partial charge in [0.1, 0.15) is 17.6 Å². The molecule has 9 nitrogen and oxygen atoms in total. The van der Waals surface area contributed by atoms with Crippen molar-refractivity contribution in [2.75, 3.05) is 0 Å². The van der Waals surface area contributed by atoms with E-state index in [1.54, 1.807) is 31.7 Å². The topological polar surface area (TPSA) is 114 Å². The number of nitrogens with zero attached hydrogens (tertiary/aromatic N) is 6. The van der Waals surface area contributed by atoms with E-state index in [4.69, 9.17) is 11.6 Å². The Morgan fingerprint density at radius 3 is 3.00 bits per heavy atom. The number of aromatic nitrogens is 7. The Hall–Kier alpha value is -2.81. The highest BCUT2D eigenvalue weighted by molar-refractivity contribution is 6.30. The maximum atomic E-state index is 12.1. The van der Waals surface area contributed by atoms with E-state index in [0.717, 1.165) is 0 Å². The average Bonchev–Trinajstić information content (AvgIpc) is 3.22. The molecule has 0 aliphatic carbocycles. The lowest BCUT2D eigenvalue weighted by atomic mass is 10.3. The van der Waals surface area contributed by atoms with E-state index >= 15 is 0 Å². The number of hydrogen-bond donors (Lipinski definition) is 2. The van der Waals surface area contributed by atoms with Crippen molar-refractivity contribution in [1.29, 1.82) is 0 Å². The van der Waals surface area contributed by atoms with Crippen molar-refractivity contribution in [3.05, 3.63) is 41.8 Å². The van der Waals surface area contributed by atoms with Crippen LogP contribution in [0, 0.1) is 0 Å². The summed E-state index contributed by atoms with van der Waals surface area (Å²) in [6.07, 6.45) is 7.76. The molecule has 0 aliphatic heterocycles. The summed E-state index contributed by atoms with van der Waals surface area (Å²) in [6.45, 7) is 1.94. The van der Waals surface area contributed by atoms with Crippen molar-refractivity contribution in [1.82, 2.24) is 40.2 Å². The van der Waals surface area contributed by atoms with E-state index in [2.05, 4.69) is 35.6 Å². The minimum absolute atomic E-state index is 0.206. The predicted octanol–water partition coefficient (Wildman–Crippen LogP) is 0.989. The molecule has 0 saturated heterocycles. The van der Waals surface area contributed by atoms with Crippen LogP contribution in [-0.4, -0.2) is 40.8 Å². The summed E-state index contributed by atoms with van der Waals surface area (Å²) in [4.78, 5) is 24.4. The van der Waals surface area contributed by atoms with Gasteiger partial charge in [-0.25, -0.2) is 9.97 Å². The van der Waals surface area contributed by atoms with Crippen LogP contribution in [-0.2, 0) is 11.3 Å². The second-order valence-electron chi connectivity index (χ2n) is 4.73. The maximum Gasteiger partial charge on any atom is 0.244 e. The lowest BCUT2D eigenvalue weighted by molar-refractivity contribution is -0.124. The van der Waals surface area contributed by atoms with Gasteiger partial charge in [-0.05, 0) is 6.92 Å². The Balaban J connectivity index is 1.60. The Kier molecular flexibility index (Phi) is 4.29. The Labute approximate surface area is 136 Å². The molecule has 3 rings (SSSR count). The van der Waals surface area contributed by atoms with Gasteiger partial charge in [-0.3, -0.25) is 19.6 Å². The fourth-order valence-corrected chi connectivity index (χ4v) is 2.01. The molecule has 3 aromatic rings. The van der Waals surface area contributed by atoms with Crippen molar-refractivity contribution in [3.8, 4) is 11.5 Å². The van der Waals surface area contributed by atoms with Crippen LogP contribution in [0.4, 0.5) is 0 Å². The van der Waals surface area contributed by atoms with Gasteiger partial charge in [-0.2, -0.15) is 10.2 Å². The average molecular weight is 333 g/mol. The van der Waals surface area contributed by atoms with Crippen LogP contribution in [0.25, 0.3) is 11.5 Å². The summed E-state index contributed by atoms with van der Waals surface area (Å²) in [5.74, 6) is 0.737. The first-order chi connectivity index (χ1) is 11.1. The predicted molar refractivity (Wildman–Crippen MR) is 81.2 cm³/mol. The van der Waals surface area contributed by atoms with E-state index in [1.165, 1.54) is 10.9 Å². The number of amides is 1. The van der Waals surface area contributed by atoms with Crippen LogP contribution in [0.1, 0.15) is 18.8 Å². The van der Waals surface area contributed by atoms with Gasteiger partial charge in [0.25, 0.3) is 0 Å². The van der Waals surface area contributed by atoms with Gasteiger partial charge in [-0.15, -0.1) is 0 Å². The number of halogens is 1. The zero-order chi connectivity index (χ0) is 16.2. The maximum absolute atomic E-state index is 12.1. The zero-order valence-corrected chi connectivity index (χ0v) is 12.9. The third kappa shape index (κ3) is 3.51. The first kappa shape index (κ1) is 15.1. The molecule has 0 radical (unpaired) electrons. The third-order valence-corrected chi connectivity index (χ3v) is 3.30. The number of carbonyl (C=O) groups excluding carboxylic acids is 1. The minimum Gasteiger partial charge on any atom is -0.347 e. The van der Waals surface area contributed by atoms with Crippen LogP contribution < -0.4 is 5.32 Å². The fourth-order valence-electron chi connectivity index (χ4n) is 1.87. The normalized spacial score (nSPS) is 12.1. The molecule has 0 aromatic carbocycles. The van der Waals surface area contributed by atoms with Gasteiger partial charge in [-0.1, -0.05) is 11.6 Å². The monoisotopic (exact) mass is 332 g/mol. The summed E-state index contributed by atoms with van der Waals surface area (Å²) in [5.41, 5.74) is 0.556. The molecule has 0 fully saturated rings. The molecule has 0 spiro atoms. The third-order valence-electron chi connectivity index (χ3n) is 3.10. The summed E-state index contributed by atoms with van der Waals surface area (Å²) in [6, 6.07) is -0.482. The van der Waals surface area contributed by atoms with Crippen molar-refractivity contribution < 1.29 is 4.79 Å². The lowest BCUT2D eigenvalue weighted by Crippen LogP contribution is -2.31. The molecule has 3 heterocycles. The van der Waals surface area contributed by atoms with Crippen molar-refractivity contribution in [3.63, 3.8) is 0 Å². The number of H-pyrrole nitrogens is 1. The number of aromatic amines is 1. The van der Waals surface area contributed by atoms with E-state index in [-0.39, 0.29) is 12.5 Å². The van der Waals surface area contributed by atoms with Gasteiger partial charge < -0.3 is 5.32 Å². The molecule has 1 atom stereocenters. The first-order valence-electron chi connectivity index (χ1n) is 6.78. The van der Waals surface area contributed by atoms with Crippen LogP contribution in [0.5, 0.6) is 0 Å². The minimum atomic E-state index is -0.482. The quantitative estimate of drug-likeness (QED) is 0.720. The van der Waals surface area contributed by atoms with E-state index in [0.29, 0.717) is 22.4 Å². The molecule has 10 heteroatoms. The van der Waals surface area contributed by atoms with Crippen molar-refractivity contribution in [2.24, 2.45) is 0 Å². The molecule has 0 saturated carbocycles. The van der Waals surface area contributed by atoms with Crippen LogP contribution in [0.2, 0.25) is 5.02 Å². The highest BCUT2D eigenvalue weighted by atomic mass is 35.5. The second-order valence-corrected chi connectivity index (χ2v) is 5.17. The highest BCUT2D eigenvalue weighted by Gasteiger charge is 2.16. The standard InChI is InChI=1S/C13H13ClN8O/c1-8(22-7-9(14)4-18-22)13(23)17-6-11-19-12(21-20-11)10-5-15-2-3-16-10/h2-5,7-8H,6H2,1H3,(H,17,23)(H,19,20,21)/t8-/m1/s1. The summed E-state index contributed by atoms with van der Waals surface area (Å²) < 4.78 is 1.49. The Morgan fingerprint density at radius 1 is 1.43 bits per heavy atom. The Bertz CT molecular complexity index is 799. The molecular formula is C13H13ClN8O. The van der Waals surface area contributed by atoms with E-state index in [1.807, 2.05) is 0 Å². The van der Waals surface area contributed by atoms with Crippen molar-refractivity contribution >= 4 is 17.5 Å². The van der Waals surface area contributed by atoms with Crippen LogP contribution in [0.3, 0.4) is 0 Å². The lowest BCUT2D eigenvalue weighted by Gasteiger charge is -2.11.